The van der Waals surface area contributed by atoms with Crippen molar-refractivity contribution in [2.45, 2.75) is 27.2 Å². The van der Waals surface area contributed by atoms with Crippen LogP contribution in [0.25, 0.3) is 16.5 Å². The number of carbonyl (C=O) groups excluding carboxylic acids is 1. The molecule has 0 spiro atoms. The summed E-state index contributed by atoms with van der Waals surface area (Å²) in [5.41, 5.74) is 3.12. The highest BCUT2D eigenvalue weighted by Gasteiger charge is 2.36. The van der Waals surface area contributed by atoms with E-state index in [9.17, 15) is 13.8 Å². The SMILES string of the molecule is CCOC(=O)c1ccc(-n2c(Cc3ccccc3)c3ccc(F)cc3c2P(=O)(OCC)OCC)cc1. The van der Waals surface area contributed by atoms with Crippen LogP contribution < -0.4 is 5.44 Å². The van der Waals surface area contributed by atoms with Crippen LogP contribution in [-0.4, -0.2) is 30.4 Å². The number of nitrogens with zero attached hydrogens (tertiary/aromatic N) is 1. The first-order valence-electron chi connectivity index (χ1n) is 12.0. The summed E-state index contributed by atoms with van der Waals surface area (Å²) >= 11 is 0. The van der Waals surface area contributed by atoms with Gasteiger partial charge < -0.3 is 18.4 Å². The van der Waals surface area contributed by atoms with Gasteiger partial charge in [-0.1, -0.05) is 30.3 Å². The van der Waals surface area contributed by atoms with Gasteiger partial charge in [-0.25, -0.2) is 9.18 Å². The molecule has 6 nitrogen and oxygen atoms in total. The Bertz CT molecular complexity index is 1390. The average Bonchev–Trinajstić information content (AvgIpc) is 3.19. The summed E-state index contributed by atoms with van der Waals surface area (Å²) in [4.78, 5) is 12.2. The van der Waals surface area contributed by atoms with Crippen LogP contribution >= 0.6 is 7.60 Å². The molecule has 0 unspecified atom stereocenters. The van der Waals surface area contributed by atoms with Crippen LogP contribution in [0.5, 0.6) is 0 Å². The normalized spacial score (nSPS) is 11.7. The standard InChI is InChI=1S/C28H29FNO5P/c1-4-33-28(31)21-12-15-23(16-13-21)30-26(18-20-10-8-7-9-11-20)24-17-14-22(29)19-25(24)27(30)36(32,34-5-2)35-6-3/h7-17,19H,4-6,18H2,1-3H3. The molecule has 0 aliphatic rings. The van der Waals surface area contributed by atoms with Crippen LogP contribution in [-0.2, 0) is 24.8 Å². The van der Waals surface area contributed by atoms with Crippen molar-refractivity contribution in [2.75, 3.05) is 19.8 Å². The maximum absolute atomic E-state index is 14.5. The molecule has 0 fully saturated rings. The average molecular weight is 510 g/mol. The van der Waals surface area contributed by atoms with E-state index in [4.69, 9.17) is 13.8 Å². The maximum atomic E-state index is 14.5. The fourth-order valence-electron chi connectivity index (χ4n) is 4.29. The van der Waals surface area contributed by atoms with Crippen molar-refractivity contribution in [1.82, 2.24) is 4.57 Å². The van der Waals surface area contributed by atoms with Gasteiger partial charge in [0.1, 0.15) is 11.3 Å². The first kappa shape index (κ1) is 25.8. The molecule has 3 aromatic carbocycles. The number of carbonyl (C=O) groups is 1. The van der Waals surface area contributed by atoms with Gasteiger partial charge in [0.25, 0.3) is 0 Å². The predicted octanol–water partition coefficient (Wildman–Crippen LogP) is 6.43. The molecule has 1 heterocycles. The van der Waals surface area contributed by atoms with E-state index >= 15 is 0 Å². The lowest BCUT2D eigenvalue weighted by Crippen LogP contribution is -2.21. The maximum Gasteiger partial charge on any atom is 0.378 e. The number of rotatable bonds is 10. The highest BCUT2D eigenvalue weighted by atomic mass is 31.2. The minimum atomic E-state index is -3.86. The highest BCUT2D eigenvalue weighted by Crippen LogP contribution is 2.50. The minimum absolute atomic E-state index is 0.148. The third-order valence-corrected chi connectivity index (χ3v) is 7.88. The molecule has 1 aromatic heterocycles. The number of benzene rings is 3. The van der Waals surface area contributed by atoms with Crippen LogP contribution in [0.3, 0.4) is 0 Å². The monoisotopic (exact) mass is 509 g/mol. The van der Waals surface area contributed by atoms with Gasteiger partial charge in [-0.15, -0.1) is 0 Å². The molecule has 0 amide bonds. The molecule has 4 aromatic rings. The Labute approximate surface area is 210 Å². The molecule has 36 heavy (non-hydrogen) atoms. The topological polar surface area (TPSA) is 66.8 Å². The molecule has 0 saturated carbocycles. The molecule has 0 aliphatic heterocycles. The molecule has 0 N–H and O–H groups in total. The number of aromatic nitrogens is 1. The van der Waals surface area contributed by atoms with Crippen LogP contribution in [0.1, 0.15) is 42.4 Å². The Morgan fingerprint density at radius 1 is 0.861 bits per heavy atom. The molecule has 0 saturated heterocycles. The summed E-state index contributed by atoms with van der Waals surface area (Å²) in [5, 5.41) is 1.20. The summed E-state index contributed by atoms with van der Waals surface area (Å²) in [7, 11) is -3.86. The summed E-state index contributed by atoms with van der Waals surface area (Å²) in [6.45, 7) is 5.79. The first-order valence-corrected chi connectivity index (χ1v) is 13.5. The van der Waals surface area contributed by atoms with Crippen molar-refractivity contribution in [1.29, 1.82) is 0 Å². The third-order valence-electron chi connectivity index (χ3n) is 5.72. The lowest BCUT2D eigenvalue weighted by atomic mass is 10.1. The van der Waals surface area contributed by atoms with Crippen molar-refractivity contribution in [3.8, 4) is 5.69 Å². The van der Waals surface area contributed by atoms with Gasteiger partial charge in [0.2, 0.25) is 0 Å². The van der Waals surface area contributed by atoms with Crippen molar-refractivity contribution in [3.05, 3.63) is 95.4 Å². The van der Waals surface area contributed by atoms with Gasteiger partial charge in [0, 0.05) is 28.6 Å². The number of halogens is 1. The minimum Gasteiger partial charge on any atom is -0.462 e. The van der Waals surface area contributed by atoms with Gasteiger partial charge in [0.15, 0.2) is 0 Å². The number of hydrogen-bond donors (Lipinski definition) is 0. The van der Waals surface area contributed by atoms with Gasteiger partial charge in [-0.3, -0.25) is 4.57 Å². The molecule has 0 atom stereocenters. The Hall–Kier alpha value is -3.25. The largest absolute Gasteiger partial charge is 0.462 e. The summed E-state index contributed by atoms with van der Waals surface area (Å²) in [6.07, 6.45) is 0.487. The van der Waals surface area contributed by atoms with Gasteiger partial charge in [0.05, 0.1) is 25.4 Å². The Morgan fingerprint density at radius 2 is 1.53 bits per heavy atom. The van der Waals surface area contributed by atoms with Gasteiger partial charge >= 0.3 is 13.6 Å². The Kier molecular flexibility index (Phi) is 8.04. The van der Waals surface area contributed by atoms with Crippen molar-refractivity contribution < 1.29 is 27.5 Å². The van der Waals surface area contributed by atoms with Crippen molar-refractivity contribution in [3.63, 3.8) is 0 Å². The summed E-state index contributed by atoms with van der Waals surface area (Å²) < 4.78 is 47.1. The van der Waals surface area contributed by atoms with Crippen molar-refractivity contribution in [2.24, 2.45) is 0 Å². The number of fused-ring (bicyclic) bond motifs is 1. The fourth-order valence-corrected chi connectivity index (χ4v) is 6.25. The number of ether oxygens (including phenoxy) is 1. The fraction of sp³-hybridized carbons (Fsp3) is 0.250. The lowest BCUT2D eigenvalue weighted by Gasteiger charge is -2.21. The molecule has 8 heteroatoms. The zero-order valence-corrected chi connectivity index (χ0v) is 21.5. The van der Waals surface area contributed by atoms with E-state index in [1.54, 1.807) is 51.1 Å². The van der Waals surface area contributed by atoms with E-state index < -0.39 is 19.4 Å². The van der Waals surface area contributed by atoms with E-state index in [1.165, 1.54) is 12.1 Å². The second kappa shape index (κ2) is 11.2. The van der Waals surface area contributed by atoms with E-state index in [0.29, 0.717) is 23.1 Å². The Balaban J connectivity index is 2.03. The highest BCUT2D eigenvalue weighted by molar-refractivity contribution is 7.62. The quantitative estimate of drug-likeness (QED) is 0.182. The van der Waals surface area contributed by atoms with E-state index in [-0.39, 0.29) is 25.3 Å². The molecule has 0 aliphatic carbocycles. The van der Waals surface area contributed by atoms with Crippen molar-refractivity contribution >= 4 is 29.8 Å². The summed E-state index contributed by atoms with van der Waals surface area (Å²) in [6, 6.07) is 21.1. The van der Waals surface area contributed by atoms with Crippen LogP contribution in [0.4, 0.5) is 4.39 Å². The number of hydrogen-bond acceptors (Lipinski definition) is 5. The lowest BCUT2D eigenvalue weighted by molar-refractivity contribution is 0.0526. The second-order valence-electron chi connectivity index (χ2n) is 8.06. The smallest absolute Gasteiger partial charge is 0.378 e. The predicted molar refractivity (Wildman–Crippen MR) is 139 cm³/mol. The zero-order chi connectivity index (χ0) is 25.7. The van der Waals surface area contributed by atoms with Gasteiger partial charge in [-0.05, 0) is 68.8 Å². The molecule has 0 bridgehead atoms. The molecule has 188 valence electrons. The van der Waals surface area contributed by atoms with Gasteiger partial charge in [-0.2, -0.15) is 0 Å². The molecule has 0 radical (unpaired) electrons. The molecular formula is C28H29FNO5P. The third kappa shape index (κ3) is 5.14. The molecule has 4 rings (SSSR count). The van der Waals surface area contributed by atoms with Crippen LogP contribution in [0.15, 0.2) is 72.8 Å². The molecular weight excluding hydrogens is 480 g/mol. The van der Waals surface area contributed by atoms with Crippen LogP contribution in [0.2, 0.25) is 0 Å². The second-order valence-corrected chi connectivity index (χ2v) is 9.99. The number of esters is 1. The van der Waals surface area contributed by atoms with Crippen LogP contribution in [0, 0.1) is 5.82 Å². The van der Waals surface area contributed by atoms with E-state index in [2.05, 4.69) is 0 Å². The zero-order valence-electron chi connectivity index (χ0n) is 20.6. The first-order chi connectivity index (χ1) is 17.4. The summed E-state index contributed by atoms with van der Waals surface area (Å²) in [5.74, 6) is -0.882. The van der Waals surface area contributed by atoms with E-state index in [0.717, 1.165) is 16.6 Å². The Morgan fingerprint density at radius 3 is 2.14 bits per heavy atom. The van der Waals surface area contributed by atoms with E-state index in [1.807, 2.05) is 34.9 Å².